The average Bonchev–Trinajstić information content (AvgIpc) is 3.26. The van der Waals surface area contributed by atoms with Crippen molar-refractivity contribution in [3.05, 3.63) is 83.8 Å². The Morgan fingerprint density at radius 3 is 1.58 bits per heavy atom. The highest BCUT2D eigenvalue weighted by molar-refractivity contribution is 7.16. The molecular formula is C20H14N2S2+2. The molecule has 0 aliphatic carbocycles. The molecule has 4 heteroatoms. The fourth-order valence-electron chi connectivity index (χ4n) is 3.04. The quantitative estimate of drug-likeness (QED) is 0.410. The summed E-state index contributed by atoms with van der Waals surface area (Å²) in [6.07, 6.45) is 0. The number of benzene rings is 3. The van der Waals surface area contributed by atoms with E-state index in [1.54, 1.807) is 22.7 Å². The van der Waals surface area contributed by atoms with Crippen LogP contribution < -0.4 is 9.13 Å². The van der Waals surface area contributed by atoms with Gasteiger partial charge in [0.2, 0.25) is 33.4 Å². The van der Waals surface area contributed by atoms with Crippen molar-refractivity contribution in [2.45, 2.75) is 0 Å². The first-order valence-corrected chi connectivity index (χ1v) is 9.53. The van der Waals surface area contributed by atoms with Gasteiger partial charge in [-0.2, -0.15) is 0 Å². The minimum Gasteiger partial charge on any atom is -0.149 e. The molecule has 0 saturated carbocycles. The van der Waals surface area contributed by atoms with Gasteiger partial charge in [0.05, 0.1) is 6.07 Å². The van der Waals surface area contributed by atoms with Crippen molar-refractivity contribution in [1.29, 1.82) is 0 Å². The van der Waals surface area contributed by atoms with Crippen LogP contribution in [0.1, 0.15) is 0 Å². The van der Waals surface area contributed by atoms with Gasteiger partial charge in [0.15, 0.2) is 0 Å². The van der Waals surface area contributed by atoms with Gasteiger partial charge in [-0.1, -0.05) is 46.9 Å². The van der Waals surface area contributed by atoms with E-state index in [0.29, 0.717) is 0 Å². The van der Waals surface area contributed by atoms with E-state index in [0.717, 1.165) is 0 Å². The van der Waals surface area contributed by atoms with Crippen LogP contribution in [0.3, 0.4) is 0 Å². The minimum atomic E-state index is 1.19. The Balaban J connectivity index is 1.69. The lowest BCUT2D eigenvalue weighted by Crippen LogP contribution is -2.32. The van der Waals surface area contributed by atoms with E-state index in [1.165, 1.54) is 31.8 Å². The normalized spacial score (nSPS) is 11.3. The van der Waals surface area contributed by atoms with Gasteiger partial charge in [0.1, 0.15) is 9.40 Å². The van der Waals surface area contributed by atoms with Crippen LogP contribution in [-0.4, -0.2) is 0 Å². The van der Waals surface area contributed by atoms with E-state index in [-0.39, 0.29) is 0 Å². The third-order valence-corrected chi connectivity index (χ3v) is 6.04. The standard InChI is InChI=1S/C20H14N2S2/c1-3-10-19-17(8-1)21(13-23-19)15-6-5-7-16(12-15)22-14-24-20-11-4-2-9-18(20)22/h1-14H/q+2. The Kier molecular flexibility index (Phi) is 3.18. The van der Waals surface area contributed by atoms with Crippen molar-refractivity contribution in [2.24, 2.45) is 0 Å². The number of hydrogen-bond donors (Lipinski definition) is 0. The third kappa shape index (κ3) is 2.15. The molecule has 0 aliphatic rings. The van der Waals surface area contributed by atoms with Gasteiger partial charge in [-0.25, -0.2) is 0 Å². The fourth-order valence-corrected chi connectivity index (χ4v) is 4.83. The zero-order chi connectivity index (χ0) is 15.9. The Morgan fingerprint density at radius 1 is 0.542 bits per heavy atom. The number of hydrogen-bond acceptors (Lipinski definition) is 2. The lowest BCUT2D eigenvalue weighted by Gasteiger charge is -1.96. The van der Waals surface area contributed by atoms with E-state index >= 15 is 0 Å². The maximum atomic E-state index is 2.26. The molecule has 0 saturated heterocycles. The third-order valence-electron chi connectivity index (χ3n) is 4.21. The summed E-state index contributed by atoms with van der Waals surface area (Å²) in [5.41, 5.74) is 9.24. The van der Waals surface area contributed by atoms with Gasteiger partial charge >= 0.3 is 0 Å². The zero-order valence-electron chi connectivity index (χ0n) is 12.8. The lowest BCUT2D eigenvalue weighted by atomic mass is 10.2. The van der Waals surface area contributed by atoms with E-state index in [4.69, 9.17) is 0 Å². The highest BCUT2D eigenvalue weighted by atomic mass is 32.1. The van der Waals surface area contributed by atoms with E-state index in [1.807, 2.05) is 0 Å². The fraction of sp³-hybridized carbons (Fsp3) is 0. The second-order valence-corrected chi connectivity index (χ2v) is 7.41. The van der Waals surface area contributed by atoms with Gasteiger partial charge < -0.3 is 0 Å². The summed E-state index contributed by atoms with van der Waals surface area (Å²) in [6, 6.07) is 25.8. The van der Waals surface area contributed by atoms with Crippen molar-refractivity contribution in [2.75, 3.05) is 0 Å². The summed E-state index contributed by atoms with van der Waals surface area (Å²) in [5, 5.41) is 0. The molecule has 0 amide bonds. The molecule has 0 fully saturated rings. The predicted molar refractivity (Wildman–Crippen MR) is 100 cm³/mol. The molecule has 0 atom stereocenters. The molecule has 0 unspecified atom stereocenters. The van der Waals surface area contributed by atoms with Crippen LogP contribution in [0.25, 0.3) is 31.8 Å². The van der Waals surface area contributed by atoms with Gasteiger partial charge in [0, 0.05) is 24.3 Å². The van der Waals surface area contributed by atoms with Crippen LogP contribution in [0.4, 0.5) is 0 Å². The van der Waals surface area contributed by atoms with Crippen molar-refractivity contribution in [3.63, 3.8) is 0 Å². The van der Waals surface area contributed by atoms with Crippen molar-refractivity contribution in [3.8, 4) is 11.4 Å². The van der Waals surface area contributed by atoms with Gasteiger partial charge in [-0.05, 0) is 18.2 Å². The van der Waals surface area contributed by atoms with E-state index < -0.39 is 0 Å². The molecule has 5 aromatic rings. The van der Waals surface area contributed by atoms with E-state index in [9.17, 15) is 0 Å². The van der Waals surface area contributed by atoms with Crippen LogP contribution >= 0.6 is 22.7 Å². The molecule has 2 aromatic heterocycles. The molecule has 24 heavy (non-hydrogen) atoms. The molecule has 2 nitrogen and oxygen atoms in total. The zero-order valence-corrected chi connectivity index (χ0v) is 14.4. The highest BCUT2D eigenvalue weighted by Crippen LogP contribution is 2.20. The lowest BCUT2D eigenvalue weighted by molar-refractivity contribution is -0.571. The number of para-hydroxylation sites is 2. The summed E-state index contributed by atoms with van der Waals surface area (Å²) in [4.78, 5) is 0. The number of thiazole rings is 2. The van der Waals surface area contributed by atoms with Gasteiger partial charge in [0.25, 0.3) is 0 Å². The van der Waals surface area contributed by atoms with Gasteiger partial charge in [-0.3, -0.25) is 0 Å². The largest absolute Gasteiger partial charge is 0.231 e. The molecule has 0 N–H and O–H groups in total. The first-order valence-electron chi connectivity index (χ1n) is 7.77. The maximum absolute atomic E-state index is 2.26. The monoisotopic (exact) mass is 346 g/mol. The van der Waals surface area contributed by atoms with Crippen LogP contribution in [0.5, 0.6) is 0 Å². The Labute approximate surface area is 147 Å². The molecule has 0 aliphatic heterocycles. The van der Waals surface area contributed by atoms with E-state index in [2.05, 4.69) is 93.0 Å². The maximum Gasteiger partial charge on any atom is 0.231 e. The predicted octanol–water partition coefficient (Wildman–Crippen LogP) is 4.67. The summed E-state index contributed by atoms with van der Waals surface area (Å²) in [5.74, 6) is 0. The number of nitrogens with zero attached hydrogens (tertiary/aromatic N) is 2. The number of aromatic nitrogens is 2. The highest BCUT2D eigenvalue weighted by Gasteiger charge is 2.19. The van der Waals surface area contributed by atoms with Crippen molar-refractivity contribution >= 4 is 43.1 Å². The molecule has 114 valence electrons. The SMILES string of the molecule is c1cc(-[n+]2csc3ccccc32)cc(-[n+]2csc3ccccc32)c1. The summed E-state index contributed by atoms with van der Waals surface area (Å²) < 4.78 is 7.13. The summed E-state index contributed by atoms with van der Waals surface area (Å²) in [6.45, 7) is 0. The van der Waals surface area contributed by atoms with Crippen molar-refractivity contribution in [1.82, 2.24) is 0 Å². The molecule has 2 heterocycles. The van der Waals surface area contributed by atoms with Crippen LogP contribution in [0, 0.1) is 0 Å². The van der Waals surface area contributed by atoms with Crippen LogP contribution in [0.2, 0.25) is 0 Å². The summed E-state index contributed by atoms with van der Waals surface area (Å²) in [7, 11) is 0. The van der Waals surface area contributed by atoms with Crippen molar-refractivity contribution < 1.29 is 9.13 Å². The molecule has 0 spiro atoms. The molecule has 0 radical (unpaired) electrons. The Hall–Kier alpha value is -2.56. The Morgan fingerprint density at radius 2 is 1.04 bits per heavy atom. The molecule has 5 rings (SSSR count). The Bertz CT molecular complexity index is 1080. The molecule has 3 aromatic carbocycles. The first kappa shape index (κ1) is 13.8. The van der Waals surface area contributed by atoms with Crippen LogP contribution in [0.15, 0.2) is 83.8 Å². The summed E-state index contributed by atoms with van der Waals surface area (Å²) >= 11 is 3.55. The molecular weight excluding hydrogens is 332 g/mol. The second kappa shape index (κ2) is 5.51. The number of fused-ring (bicyclic) bond motifs is 2. The number of rotatable bonds is 2. The minimum absolute atomic E-state index is 1.19. The van der Waals surface area contributed by atoms with Gasteiger partial charge in [-0.15, -0.1) is 9.13 Å². The average molecular weight is 346 g/mol. The topological polar surface area (TPSA) is 7.76 Å². The second-order valence-electron chi connectivity index (χ2n) is 5.64. The first-order chi connectivity index (χ1) is 11.9. The molecule has 0 bridgehead atoms. The van der Waals surface area contributed by atoms with Crippen LogP contribution in [-0.2, 0) is 0 Å². The smallest absolute Gasteiger partial charge is 0.149 e.